The third-order valence-corrected chi connectivity index (χ3v) is 14.2. The molecule has 3 nitrogen and oxygen atoms in total. The second-order valence-corrected chi connectivity index (χ2v) is 15.6. The van der Waals surface area contributed by atoms with E-state index in [1.807, 2.05) is 0 Å². The summed E-state index contributed by atoms with van der Waals surface area (Å²) >= 11 is 0. The molecule has 3 unspecified atom stereocenters. The Kier molecular flexibility index (Phi) is 5.17. The van der Waals surface area contributed by atoms with Gasteiger partial charge in [-0.2, -0.15) is 0 Å². The maximum atomic E-state index is 10.4. The second kappa shape index (κ2) is 7.98. The highest BCUT2D eigenvalue weighted by Crippen LogP contribution is 2.87. The first kappa shape index (κ1) is 24.6. The van der Waals surface area contributed by atoms with Crippen molar-refractivity contribution in [3.63, 3.8) is 0 Å². The molecule has 1 N–H and O–H groups in total. The summed E-state index contributed by atoms with van der Waals surface area (Å²) in [6, 6.07) is 11.7. The zero-order valence-corrected chi connectivity index (χ0v) is 24.2. The summed E-state index contributed by atoms with van der Waals surface area (Å²) < 4.78 is 7.52. The highest BCUT2D eigenvalue weighted by atomic mass is 16.5. The summed E-state index contributed by atoms with van der Waals surface area (Å²) in [4.78, 5) is 2.82. The third-order valence-electron chi connectivity index (χ3n) is 14.2. The van der Waals surface area contributed by atoms with Crippen LogP contribution >= 0.6 is 0 Å². The molecule has 206 valence electrons. The minimum absolute atomic E-state index is 0.0493. The molecule has 0 amide bonds. The van der Waals surface area contributed by atoms with Gasteiger partial charge in [0.25, 0.3) is 0 Å². The maximum absolute atomic E-state index is 10.4. The molecule has 1 aromatic carbocycles. The lowest BCUT2D eigenvalue weighted by Gasteiger charge is -2.50. The largest absolute Gasteiger partial charge is 0.389 e. The van der Waals surface area contributed by atoms with Crippen molar-refractivity contribution in [1.82, 2.24) is 4.90 Å². The summed E-state index contributed by atoms with van der Waals surface area (Å²) in [5.41, 5.74) is 4.24. The minimum Gasteiger partial charge on any atom is -0.389 e. The van der Waals surface area contributed by atoms with E-state index in [-0.39, 0.29) is 11.7 Å². The van der Waals surface area contributed by atoms with Crippen LogP contribution in [0.4, 0.5) is 0 Å². The number of ether oxygens (including phenoxy) is 1. The molecule has 1 aromatic rings. The standard InChI is InChI=1S/C35H49NO2/c1-22-16-30-31(36(19-22)20-24-8-6-5-7-9-24)23(2)35(38-30)15-13-28-27-11-10-25-17-26(37)12-14-32(25,3)29(27)18-34(28)21-33(34,35)4/h5-9,17,22-23,26-31,37H,10-16,18-21H2,1-4H3/t22-,23+,26-,27-,28-,29-,30+,31-,32-,33?,34?,35?/m0/s1. The van der Waals surface area contributed by atoms with E-state index >= 15 is 0 Å². The Hall–Kier alpha value is -1.16. The van der Waals surface area contributed by atoms with Crippen molar-refractivity contribution in [3.8, 4) is 0 Å². The summed E-state index contributed by atoms with van der Waals surface area (Å²) in [6.07, 6.45) is 13.9. The molecule has 0 radical (unpaired) electrons. The number of aliphatic hydroxyl groups is 1. The first-order valence-corrected chi connectivity index (χ1v) is 16.1. The molecular weight excluding hydrogens is 466 g/mol. The Bertz CT molecular complexity index is 1150. The van der Waals surface area contributed by atoms with Gasteiger partial charge < -0.3 is 9.84 Å². The molecule has 7 aliphatic rings. The van der Waals surface area contributed by atoms with Crippen LogP contribution < -0.4 is 0 Å². The average Bonchev–Trinajstić information content (AvgIpc) is 3.23. The van der Waals surface area contributed by atoms with Gasteiger partial charge in [-0.3, -0.25) is 4.90 Å². The summed E-state index contributed by atoms with van der Waals surface area (Å²) in [7, 11) is 0. The molecule has 2 saturated heterocycles. The first-order valence-electron chi connectivity index (χ1n) is 16.1. The van der Waals surface area contributed by atoms with Gasteiger partial charge in [0.15, 0.2) is 0 Å². The van der Waals surface area contributed by atoms with Gasteiger partial charge in [0.05, 0.1) is 17.8 Å². The molecule has 2 aliphatic heterocycles. The molecule has 4 saturated carbocycles. The molecule has 8 rings (SSSR count). The number of fused-ring (bicyclic) bond motifs is 6. The smallest absolute Gasteiger partial charge is 0.0787 e. The van der Waals surface area contributed by atoms with Crippen molar-refractivity contribution >= 4 is 0 Å². The SMILES string of the molecule is C[C@H]1C[C@H]2OC3(CC[C@H]4[C@@H]5CCC6=C[C@@H](O)CC[C@]6(C)[C@H]5CC45CC53C)[C@H](C)[C@@H]2N(Cc2ccccc2)C1. The Labute approximate surface area is 230 Å². The molecule has 5 aliphatic carbocycles. The zero-order valence-electron chi connectivity index (χ0n) is 24.2. The fraction of sp³-hybridized carbons (Fsp3) is 0.771. The minimum atomic E-state index is -0.205. The number of likely N-dealkylation sites (tertiary alicyclic amines) is 1. The Balaban J connectivity index is 1.11. The van der Waals surface area contributed by atoms with Crippen LogP contribution in [0.5, 0.6) is 0 Å². The molecule has 3 heteroatoms. The summed E-state index contributed by atoms with van der Waals surface area (Å²) in [5.74, 6) is 3.88. The number of piperidine rings is 1. The monoisotopic (exact) mass is 515 g/mol. The van der Waals surface area contributed by atoms with Crippen LogP contribution in [-0.4, -0.2) is 40.4 Å². The van der Waals surface area contributed by atoms with Crippen molar-refractivity contribution in [2.24, 2.45) is 45.8 Å². The van der Waals surface area contributed by atoms with Crippen LogP contribution in [-0.2, 0) is 11.3 Å². The Morgan fingerprint density at radius 1 is 1.03 bits per heavy atom. The Morgan fingerprint density at radius 3 is 2.66 bits per heavy atom. The number of aliphatic hydroxyl groups excluding tert-OH is 1. The molecule has 2 heterocycles. The van der Waals surface area contributed by atoms with Crippen LogP contribution in [0.1, 0.15) is 91.0 Å². The average molecular weight is 516 g/mol. The van der Waals surface area contributed by atoms with Crippen LogP contribution in [0, 0.1) is 45.8 Å². The van der Waals surface area contributed by atoms with E-state index in [2.05, 4.69) is 69.0 Å². The molecular formula is C35H49NO2. The summed E-state index contributed by atoms with van der Waals surface area (Å²) in [5, 5.41) is 10.4. The van der Waals surface area contributed by atoms with Gasteiger partial charge >= 0.3 is 0 Å². The van der Waals surface area contributed by atoms with Gasteiger partial charge in [-0.1, -0.05) is 69.7 Å². The highest BCUT2D eigenvalue weighted by Gasteiger charge is 2.84. The molecule has 2 spiro atoms. The zero-order chi connectivity index (χ0) is 26.1. The van der Waals surface area contributed by atoms with Gasteiger partial charge in [0, 0.05) is 30.5 Å². The fourth-order valence-electron chi connectivity index (χ4n) is 12.5. The number of hydrogen-bond acceptors (Lipinski definition) is 3. The van der Waals surface area contributed by atoms with Gasteiger partial charge in [0.1, 0.15) is 0 Å². The lowest BCUT2D eigenvalue weighted by atomic mass is 9.56. The normalized spacial score (nSPS) is 54.9. The third kappa shape index (κ3) is 2.97. The van der Waals surface area contributed by atoms with Crippen LogP contribution in [0.15, 0.2) is 42.0 Å². The van der Waals surface area contributed by atoms with Crippen LogP contribution in [0.3, 0.4) is 0 Å². The molecule has 0 bridgehead atoms. The maximum Gasteiger partial charge on any atom is 0.0787 e. The van der Waals surface area contributed by atoms with Gasteiger partial charge in [-0.05, 0) is 97.9 Å². The molecule has 6 fully saturated rings. The van der Waals surface area contributed by atoms with E-state index in [1.165, 1.54) is 63.5 Å². The van der Waals surface area contributed by atoms with Crippen molar-refractivity contribution < 1.29 is 9.84 Å². The van der Waals surface area contributed by atoms with E-state index in [4.69, 9.17) is 4.74 Å². The Morgan fingerprint density at radius 2 is 1.84 bits per heavy atom. The number of rotatable bonds is 2. The lowest BCUT2D eigenvalue weighted by Crippen LogP contribution is -2.54. The molecule has 38 heavy (non-hydrogen) atoms. The van der Waals surface area contributed by atoms with E-state index in [1.54, 1.807) is 5.57 Å². The number of benzene rings is 1. The number of nitrogens with zero attached hydrogens (tertiary/aromatic N) is 1. The van der Waals surface area contributed by atoms with Crippen LogP contribution in [0.25, 0.3) is 0 Å². The molecule has 12 atom stereocenters. The van der Waals surface area contributed by atoms with Crippen molar-refractivity contribution in [2.45, 2.75) is 116 Å². The van der Waals surface area contributed by atoms with Crippen molar-refractivity contribution in [1.29, 1.82) is 0 Å². The van der Waals surface area contributed by atoms with E-state index in [0.717, 1.165) is 30.7 Å². The van der Waals surface area contributed by atoms with Crippen LogP contribution in [0.2, 0.25) is 0 Å². The highest BCUT2D eigenvalue weighted by molar-refractivity contribution is 5.36. The second-order valence-electron chi connectivity index (χ2n) is 15.6. The lowest BCUT2D eigenvalue weighted by molar-refractivity contribution is -0.148. The van der Waals surface area contributed by atoms with Crippen molar-refractivity contribution in [3.05, 3.63) is 47.5 Å². The van der Waals surface area contributed by atoms with Gasteiger partial charge in [-0.15, -0.1) is 0 Å². The topological polar surface area (TPSA) is 32.7 Å². The van der Waals surface area contributed by atoms with Gasteiger partial charge in [0.2, 0.25) is 0 Å². The summed E-state index contributed by atoms with van der Waals surface area (Å²) in [6.45, 7) is 12.6. The number of allylic oxidation sites excluding steroid dienone is 1. The predicted molar refractivity (Wildman–Crippen MR) is 151 cm³/mol. The first-order chi connectivity index (χ1) is 18.2. The van der Waals surface area contributed by atoms with Crippen molar-refractivity contribution in [2.75, 3.05) is 6.54 Å². The fourth-order valence-corrected chi connectivity index (χ4v) is 12.5. The van der Waals surface area contributed by atoms with Gasteiger partial charge in [-0.25, -0.2) is 0 Å². The van der Waals surface area contributed by atoms with E-state index in [0.29, 0.717) is 40.2 Å². The number of hydrogen-bond donors (Lipinski definition) is 1. The quantitative estimate of drug-likeness (QED) is 0.431. The predicted octanol–water partition coefficient (Wildman–Crippen LogP) is 6.99. The molecule has 0 aromatic heterocycles. The van der Waals surface area contributed by atoms with E-state index in [9.17, 15) is 5.11 Å². The van der Waals surface area contributed by atoms with E-state index < -0.39 is 0 Å².